The fraction of sp³-hybridized carbons (Fsp3) is 0.462. The van der Waals surface area contributed by atoms with Crippen LogP contribution in [0.4, 0.5) is 0 Å². The number of hydrogen-bond acceptors (Lipinski definition) is 4. The highest BCUT2D eigenvalue weighted by Crippen LogP contribution is 2.25. The van der Waals surface area contributed by atoms with Crippen molar-refractivity contribution in [2.24, 2.45) is 5.92 Å². The van der Waals surface area contributed by atoms with Gasteiger partial charge in [0.2, 0.25) is 10.0 Å². The second kappa shape index (κ2) is 5.30. The summed E-state index contributed by atoms with van der Waals surface area (Å²) < 4.78 is 30.6. The van der Waals surface area contributed by atoms with E-state index in [2.05, 4.69) is 0 Å². The number of sulfonamides is 1. The van der Waals surface area contributed by atoms with Gasteiger partial charge >= 0.3 is 5.97 Å². The molecule has 0 amide bonds. The standard InChI is InChI=1S/C13H17NO4S/c1-3-18-13(15)11-8-14(9-11)19(16,17)12-6-4-10(2)5-7-12/h4-7,11H,3,8-9H2,1-2H3. The van der Waals surface area contributed by atoms with E-state index in [1.54, 1.807) is 31.2 Å². The second-order valence-electron chi connectivity index (χ2n) is 4.58. The summed E-state index contributed by atoms with van der Waals surface area (Å²) in [5.41, 5.74) is 1.01. The number of ether oxygens (including phenoxy) is 1. The van der Waals surface area contributed by atoms with Gasteiger partial charge < -0.3 is 4.74 Å². The highest BCUT2D eigenvalue weighted by Gasteiger charge is 2.41. The van der Waals surface area contributed by atoms with Crippen LogP contribution in [-0.4, -0.2) is 38.4 Å². The minimum Gasteiger partial charge on any atom is -0.466 e. The van der Waals surface area contributed by atoms with Crippen LogP contribution in [0.25, 0.3) is 0 Å². The molecule has 19 heavy (non-hydrogen) atoms. The number of esters is 1. The molecule has 0 N–H and O–H groups in total. The van der Waals surface area contributed by atoms with Crippen LogP contribution < -0.4 is 0 Å². The van der Waals surface area contributed by atoms with E-state index in [0.29, 0.717) is 6.61 Å². The van der Waals surface area contributed by atoms with Gasteiger partial charge in [-0.3, -0.25) is 4.79 Å². The zero-order valence-corrected chi connectivity index (χ0v) is 11.8. The minimum atomic E-state index is -3.47. The van der Waals surface area contributed by atoms with Crippen LogP contribution in [0.5, 0.6) is 0 Å². The third-order valence-corrected chi connectivity index (χ3v) is 4.97. The molecule has 0 aromatic heterocycles. The van der Waals surface area contributed by atoms with Crippen molar-refractivity contribution in [2.75, 3.05) is 19.7 Å². The number of benzene rings is 1. The molecular weight excluding hydrogens is 266 g/mol. The van der Waals surface area contributed by atoms with Gasteiger partial charge in [0.25, 0.3) is 0 Å². The smallest absolute Gasteiger partial charge is 0.311 e. The molecule has 0 bridgehead atoms. The average Bonchev–Trinajstić information content (AvgIpc) is 2.27. The van der Waals surface area contributed by atoms with Crippen molar-refractivity contribution < 1.29 is 17.9 Å². The number of nitrogens with zero attached hydrogens (tertiary/aromatic N) is 1. The summed E-state index contributed by atoms with van der Waals surface area (Å²) in [5.74, 6) is -0.655. The Morgan fingerprint density at radius 1 is 1.32 bits per heavy atom. The van der Waals surface area contributed by atoms with Crippen molar-refractivity contribution in [2.45, 2.75) is 18.7 Å². The van der Waals surface area contributed by atoms with Crippen molar-refractivity contribution in [3.63, 3.8) is 0 Å². The highest BCUT2D eigenvalue weighted by atomic mass is 32.2. The van der Waals surface area contributed by atoms with E-state index in [1.165, 1.54) is 4.31 Å². The van der Waals surface area contributed by atoms with Crippen LogP contribution in [0, 0.1) is 12.8 Å². The lowest BCUT2D eigenvalue weighted by molar-refractivity contribution is -0.151. The Morgan fingerprint density at radius 3 is 2.42 bits per heavy atom. The molecule has 6 heteroatoms. The number of carbonyl (C=O) groups is 1. The number of rotatable bonds is 4. The number of carbonyl (C=O) groups excluding carboxylic acids is 1. The zero-order valence-electron chi connectivity index (χ0n) is 11.0. The molecule has 0 radical (unpaired) electrons. The average molecular weight is 283 g/mol. The molecule has 0 spiro atoms. The summed E-state index contributed by atoms with van der Waals surface area (Å²) in [7, 11) is -3.47. The predicted molar refractivity (Wildman–Crippen MR) is 70.1 cm³/mol. The van der Waals surface area contributed by atoms with Gasteiger partial charge in [-0.15, -0.1) is 0 Å². The van der Waals surface area contributed by atoms with Crippen LogP contribution in [0.1, 0.15) is 12.5 Å². The SMILES string of the molecule is CCOC(=O)C1CN(S(=O)(=O)c2ccc(C)cc2)C1. The maximum absolute atomic E-state index is 12.2. The molecule has 1 saturated heterocycles. The van der Waals surface area contributed by atoms with Gasteiger partial charge in [-0.05, 0) is 26.0 Å². The molecule has 1 aliphatic rings. The zero-order chi connectivity index (χ0) is 14.0. The quantitative estimate of drug-likeness (QED) is 0.778. The maximum Gasteiger partial charge on any atom is 0.311 e. The lowest BCUT2D eigenvalue weighted by Crippen LogP contribution is -2.53. The van der Waals surface area contributed by atoms with Gasteiger partial charge in [-0.2, -0.15) is 4.31 Å². The Bertz CT molecular complexity index is 559. The first-order valence-corrected chi connectivity index (χ1v) is 7.62. The molecule has 1 fully saturated rings. The predicted octanol–water partition coefficient (Wildman–Crippen LogP) is 1.18. The molecule has 5 nitrogen and oxygen atoms in total. The molecule has 1 heterocycles. The van der Waals surface area contributed by atoms with E-state index >= 15 is 0 Å². The molecule has 1 aromatic carbocycles. The van der Waals surface area contributed by atoms with Crippen LogP contribution >= 0.6 is 0 Å². The molecule has 1 aliphatic heterocycles. The lowest BCUT2D eigenvalue weighted by Gasteiger charge is -2.36. The van der Waals surface area contributed by atoms with Crippen molar-refractivity contribution >= 4 is 16.0 Å². The largest absolute Gasteiger partial charge is 0.466 e. The van der Waals surface area contributed by atoms with Gasteiger partial charge in [0, 0.05) is 13.1 Å². The molecule has 2 rings (SSSR count). The summed E-state index contributed by atoms with van der Waals surface area (Å²) in [6.07, 6.45) is 0. The summed E-state index contributed by atoms with van der Waals surface area (Å²) in [6, 6.07) is 6.69. The van der Waals surface area contributed by atoms with Crippen molar-refractivity contribution in [1.82, 2.24) is 4.31 Å². The van der Waals surface area contributed by atoms with E-state index in [-0.39, 0.29) is 29.9 Å². The first kappa shape index (κ1) is 14.0. The van der Waals surface area contributed by atoms with Crippen molar-refractivity contribution in [3.05, 3.63) is 29.8 Å². The third-order valence-electron chi connectivity index (χ3n) is 3.13. The van der Waals surface area contributed by atoms with Crippen LogP contribution in [0.3, 0.4) is 0 Å². The Balaban J connectivity index is 2.04. The molecule has 0 saturated carbocycles. The van der Waals surface area contributed by atoms with E-state index in [0.717, 1.165) is 5.56 Å². The minimum absolute atomic E-state index is 0.203. The van der Waals surface area contributed by atoms with Gasteiger partial charge in [-0.25, -0.2) is 8.42 Å². The van der Waals surface area contributed by atoms with Crippen LogP contribution in [-0.2, 0) is 19.6 Å². The van der Waals surface area contributed by atoms with E-state index in [4.69, 9.17) is 4.74 Å². The summed E-state index contributed by atoms with van der Waals surface area (Å²) >= 11 is 0. The summed E-state index contributed by atoms with van der Waals surface area (Å²) in [4.78, 5) is 11.7. The van der Waals surface area contributed by atoms with E-state index < -0.39 is 10.0 Å². The first-order chi connectivity index (χ1) is 8.95. The molecule has 104 valence electrons. The van der Waals surface area contributed by atoms with Gasteiger partial charge in [0.1, 0.15) is 0 Å². The van der Waals surface area contributed by atoms with Crippen molar-refractivity contribution in [3.8, 4) is 0 Å². The second-order valence-corrected chi connectivity index (χ2v) is 6.52. The fourth-order valence-corrected chi connectivity index (χ4v) is 3.43. The van der Waals surface area contributed by atoms with E-state index in [9.17, 15) is 13.2 Å². The Morgan fingerprint density at radius 2 is 1.89 bits per heavy atom. The van der Waals surface area contributed by atoms with Crippen LogP contribution in [0.15, 0.2) is 29.2 Å². The summed E-state index contributed by atoms with van der Waals surface area (Å²) in [6.45, 7) is 4.36. The Hall–Kier alpha value is -1.40. The molecule has 0 aliphatic carbocycles. The number of aryl methyl sites for hydroxylation is 1. The normalized spacial score (nSPS) is 16.9. The van der Waals surface area contributed by atoms with Gasteiger partial charge in [-0.1, -0.05) is 17.7 Å². The Kier molecular flexibility index (Phi) is 3.91. The van der Waals surface area contributed by atoms with Crippen LogP contribution in [0.2, 0.25) is 0 Å². The Labute approximate surface area is 113 Å². The molecule has 0 unspecified atom stereocenters. The fourth-order valence-electron chi connectivity index (χ4n) is 1.90. The third kappa shape index (κ3) is 2.79. The monoisotopic (exact) mass is 283 g/mol. The van der Waals surface area contributed by atoms with Gasteiger partial charge in [0.05, 0.1) is 17.4 Å². The summed E-state index contributed by atoms with van der Waals surface area (Å²) in [5, 5.41) is 0. The molecule has 0 atom stereocenters. The lowest BCUT2D eigenvalue weighted by atomic mass is 10.0. The first-order valence-electron chi connectivity index (χ1n) is 6.18. The van der Waals surface area contributed by atoms with Crippen molar-refractivity contribution in [1.29, 1.82) is 0 Å². The topological polar surface area (TPSA) is 63.7 Å². The maximum atomic E-state index is 12.2. The number of hydrogen-bond donors (Lipinski definition) is 0. The molecular formula is C13H17NO4S. The van der Waals surface area contributed by atoms with E-state index in [1.807, 2.05) is 6.92 Å². The highest BCUT2D eigenvalue weighted by molar-refractivity contribution is 7.89. The van der Waals surface area contributed by atoms with Gasteiger partial charge in [0.15, 0.2) is 0 Å². The molecule has 1 aromatic rings.